The van der Waals surface area contributed by atoms with Crippen molar-refractivity contribution < 1.29 is 4.79 Å². The van der Waals surface area contributed by atoms with Crippen LogP contribution in [0.2, 0.25) is 5.02 Å². The Kier molecular flexibility index (Phi) is 2.88. The molecule has 1 N–H and O–H groups in total. The molecule has 3 rings (SSSR count). The van der Waals surface area contributed by atoms with Crippen molar-refractivity contribution in [3.05, 3.63) is 70.4 Å². The van der Waals surface area contributed by atoms with Crippen molar-refractivity contribution in [2.75, 3.05) is 0 Å². The van der Waals surface area contributed by atoms with Crippen molar-refractivity contribution in [1.82, 2.24) is 4.98 Å². The van der Waals surface area contributed by atoms with Gasteiger partial charge in [0.2, 0.25) is 0 Å². The Labute approximate surface area is 116 Å². The fourth-order valence-electron chi connectivity index (χ4n) is 2.29. The highest BCUT2D eigenvalue weighted by Crippen LogP contribution is 2.23. The van der Waals surface area contributed by atoms with Gasteiger partial charge in [0.1, 0.15) is 0 Å². The maximum absolute atomic E-state index is 12.6. The van der Waals surface area contributed by atoms with Gasteiger partial charge in [-0.1, -0.05) is 29.8 Å². The first kappa shape index (κ1) is 12.0. The van der Waals surface area contributed by atoms with Gasteiger partial charge in [0.15, 0.2) is 5.78 Å². The average Bonchev–Trinajstić information content (AvgIpc) is 2.82. The van der Waals surface area contributed by atoms with Crippen LogP contribution in [0.1, 0.15) is 21.5 Å². The number of fused-ring (bicyclic) bond motifs is 1. The fraction of sp³-hybridized carbons (Fsp3) is 0.0625. The number of aromatic amines is 1. The van der Waals surface area contributed by atoms with Gasteiger partial charge >= 0.3 is 0 Å². The molecule has 0 unspecified atom stereocenters. The minimum absolute atomic E-state index is 0.0200. The average molecular weight is 270 g/mol. The number of hydrogen-bond acceptors (Lipinski definition) is 1. The number of halogens is 1. The molecule has 2 aromatic carbocycles. The second-order valence-electron chi connectivity index (χ2n) is 4.54. The maximum Gasteiger partial charge on any atom is 0.195 e. The Morgan fingerprint density at radius 3 is 2.68 bits per heavy atom. The van der Waals surface area contributed by atoms with Gasteiger partial charge in [0.05, 0.1) is 0 Å². The van der Waals surface area contributed by atoms with Crippen LogP contribution in [0.25, 0.3) is 10.9 Å². The van der Waals surface area contributed by atoms with Gasteiger partial charge in [-0.2, -0.15) is 0 Å². The number of benzene rings is 2. The Bertz CT molecular complexity index is 773. The smallest absolute Gasteiger partial charge is 0.195 e. The number of carbonyl (C=O) groups excluding carboxylic acids is 1. The lowest BCUT2D eigenvalue weighted by atomic mass is 9.99. The van der Waals surface area contributed by atoms with E-state index in [0.717, 1.165) is 16.5 Å². The molecule has 0 saturated carbocycles. The Morgan fingerprint density at radius 1 is 1.11 bits per heavy atom. The van der Waals surface area contributed by atoms with Crippen LogP contribution >= 0.6 is 11.6 Å². The molecule has 0 fully saturated rings. The lowest BCUT2D eigenvalue weighted by molar-refractivity contribution is 0.104. The first-order chi connectivity index (χ1) is 9.16. The third-order valence-electron chi connectivity index (χ3n) is 3.27. The quantitative estimate of drug-likeness (QED) is 0.689. The minimum Gasteiger partial charge on any atom is -0.360 e. The number of aromatic nitrogens is 1. The van der Waals surface area contributed by atoms with E-state index < -0.39 is 0 Å². The first-order valence-corrected chi connectivity index (χ1v) is 6.41. The van der Waals surface area contributed by atoms with Gasteiger partial charge in [-0.05, 0) is 36.8 Å². The van der Waals surface area contributed by atoms with Crippen LogP contribution in [0.3, 0.4) is 0 Å². The molecule has 1 heterocycles. The number of carbonyl (C=O) groups is 1. The molecule has 2 nitrogen and oxygen atoms in total. The van der Waals surface area contributed by atoms with Crippen molar-refractivity contribution in [3.63, 3.8) is 0 Å². The number of nitrogens with one attached hydrogen (secondary N) is 1. The molecule has 0 saturated heterocycles. The predicted octanol–water partition coefficient (Wildman–Crippen LogP) is 4.36. The molecule has 3 aromatic rings. The SMILES string of the molecule is Cc1cc(Cl)ccc1C(=O)c1c[nH]c2ccccc12. The van der Waals surface area contributed by atoms with E-state index in [1.807, 2.05) is 37.3 Å². The number of hydrogen-bond donors (Lipinski definition) is 1. The second kappa shape index (κ2) is 4.56. The van der Waals surface area contributed by atoms with Crippen LogP contribution in [0.4, 0.5) is 0 Å². The van der Waals surface area contributed by atoms with Crippen molar-refractivity contribution in [2.24, 2.45) is 0 Å². The molecule has 94 valence electrons. The Morgan fingerprint density at radius 2 is 1.89 bits per heavy atom. The molecular formula is C16H12ClNO. The van der Waals surface area contributed by atoms with E-state index in [9.17, 15) is 4.79 Å². The zero-order valence-corrected chi connectivity index (χ0v) is 11.2. The molecule has 0 radical (unpaired) electrons. The zero-order valence-electron chi connectivity index (χ0n) is 10.4. The van der Waals surface area contributed by atoms with Crippen LogP contribution < -0.4 is 0 Å². The summed E-state index contributed by atoms with van der Waals surface area (Å²) in [6.45, 7) is 1.90. The van der Waals surface area contributed by atoms with E-state index in [4.69, 9.17) is 11.6 Å². The molecule has 0 aliphatic carbocycles. The number of para-hydroxylation sites is 1. The topological polar surface area (TPSA) is 32.9 Å². The van der Waals surface area contributed by atoms with Crippen molar-refractivity contribution in [2.45, 2.75) is 6.92 Å². The molecule has 0 bridgehead atoms. The largest absolute Gasteiger partial charge is 0.360 e. The standard InChI is InChI=1S/C16H12ClNO/c1-10-8-11(17)6-7-12(10)16(19)14-9-18-15-5-3-2-4-13(14)15/h2-9,18H,1H3. The summed E-state index contributed by atoms with van der Waals surface area (Å²) in [4.78, 5) is 15.7. The number of rotatable bonds is 2. The monoisotopic (exact) mass is 269 g/mol. The molecule has 0 amide bonds. The maximum atomic E-state index is 12.6. The van der Waals surface area contributed by atoms with Crippen LogP contribution in [0.15, 0.2) is 48.7 Å². The summed E-state index contributed by atoms with van der Waals surface area (Å²) in [5, 5.41) is 1.59. The summed E-state index contributed by atoms with van der Waals surface area (Å²) in [6.07, 6.45) is 1.76. The summed E-state index contributed by atoms with van der Waals surface area (Å²) in [6, 6.07) is 13.1. The van der Waals surface area contributed by atoms with Crippen LogP contribution in [-0.4, -0.2) is 10.8 Å². The normalized spacial score (nSPS) is 10.8. The summed E-state index contributed by atoms with van der Waals surface area (Å²) in [5.74, 6) is 0.0200. The van der Waals surface area contributed by atoms with E-state index in [-0.39, 0.29) is 5.78 Å². The number of aryl methyl sites for hydroxylation is 1. The zero-order chi connectivity index (χ0) is 13.4. The highest BCUT2D eigenvalue weighted by atomic mass is 35.5. The van der Waals surface area contributed by atoms with Gasteiger partial charge in [0, 0.05) is 33.2 Å². The van der Waals surface area contributed by atoms with E-state index in [1.54, 1.807) is 18.3 Å². The van der Waals surface area contributed by atoms with Crippen LogP contribution in [0, 0.1) is 6.92 Å². The highest BCUT2D eigenvalue weighted by molar-refractivity contribution is 6.31. The molecule has 1 aromatic heterocycles. The summed E-state index contributed by atoms with van der Waals surface area (Å²) in [5.41, 5.74) is 3.25. The lowest BCUT2D eigenvalue weighted by Gasteiger charge is -2.04. The number of ketones is 1. The van der Waals surface area contributed by atoms with Gasteiger partial charge in [-0.3, -0.25) is 4.79 Å². The van der Waals surface area contributed by atoms with Gasteiger partial charge in [0.25, 0.3) is 0 Å². The Hall–Kier alpha value is -2.06. The van der Waals surface area contributed by atoms with E-state index in [1.165, 1.54) is 0 Å². The third kappa shape index (κ3) is 2.04. The molecule has 3 heteroatoms. The third-order valence-corrected chi connectivity index (χ3v) is 3.50. The lowest BCUT2D eigenvalue weighted by Crippen LogP contribution is -2.02. The highest BCUT2D eigenvalue weighted by Gasteiger charge is 2.15. The first-order valence-electron chi connectivity index (χ1n) is 6.04. The molecular weight excluding hydrogens is 258 g/mol. The van der Waals surface area contributed by atoms with Gasteiger partial charge in [-0.15, -0.1) is 0 Å². The summed E-state index contributed by atoms with van der Waals surface area (Å²) < 4.78 is 0. The molecule has 0 atom stereocenters. The van der Waals surface area contributed by atoms with Crippen molar-refractivity contribution in [1.29, 1.82) is 0 Å². The van der Waals surface area contributed by atoms with Crippen molar-refractivity contribution >= 4 is 28.3 Å². The second-order valence-corrected chi connectivity index (χ2v) is 4.97. The van der Waals surface area contributed by atoms with Gasteiger partial charge < -0.3 is 4.98 Å². The summed E-state index contributed by atoms with van der Waals surface area (Å²) >= 11 is 5.92. The Balaban J connectivity index is 2.13. The van der Waals surface area contributed by atoms with E-state index in [2.05, 4.69) is 4.98 Å². The van der Waals surface area contributed by atoms with Crippen LogP contribution in [-0.2, 0) is 0 Å². The fourth-order valence-corrected chi connectivity index (χ4v) is 2.51. The van der Waals surface area contributed by atoms with Gasteiger partial charge in [-0.25, -0.2) is 0 Å². The molecule has 0 aliphatic rings. The van der Waals surface area contributed by atoms with Crippen LogP contribution in [0.5, 0.6) is 0 Å². The molecule has 19 heavy (non-hydrogen) atoms. The van der Waals surface area contributed by atoms with E-state index >= 15 is 0 Å². The van der Waals surface area contributed by atoms with Crippen molar-refractivity contribution in [3.8, 4) is 0 Å². The predicted molar refractivity (Wildman–Crippen MR) is 77.9 cm³/mol. The summed E-state index contributed by atoms with van der Waals surface area (Å²) in [7, 11) is 0. The molecule has 0 aliphatic heterocycles. The molecule has 0 spiro atoms. The minimum atomic E-state index is 0.0200. The number of H-pyrrole nitrogens is 1. The van der Waals surface area contributed by atoms with E-state index in [0.29, 0.717) is 16.1 Å².